The van der Waals surface area contributed by atoms with E-state index < -0.39 is 6.10 Å². The highest BCUT2D eigenvalue weighted by Gasteiger charge is 2.16. The van der Waals surface area contributed by atoms with Crippen LogP contribution >= 0.6 is 45.2 Å². The van der Waals surface area contributed by atoms with Gasteiger partial charge in [0.15, 0.2) is 0 Å². The topological polar surface area (TPSA) is 37.2 Å². The minimum Gasteiger partial charge on any atom is -0.390 e. The standard InChI is InChI=1S/C19H22I2N2O/c1-19(2,3)22-10-14(24)11-23-17-6-4-12(20)8-15(17)16-9-13(21)5-7-18(16)23/h4-9,14,22,24H,10-11H2,1-3H3/t14-/m0/s1. The number of nitrogens with zero attached hydrogens (tertiary/aromatic N) is 1. The second kappa shape index (κ2) is 7.09. The van der Waals surface area contributed by atoms with E-state index in [1.807, 2.05) is 0 Å². The number of aliphatic hydroxyl groups excluding tert-OH is 1. The monoisotopic (exact) mass is 548 g/mol. The summed E-state index contributed by atoms with van der Waals surface area (Å²) in [7, 11) is 0. The third kappa shape index (κ3) is 4.05. The molecule has 0 spiro atoms. The van der Waals surface area contributed by atoms with E-state index in [0.29, 0.717) is 13.1 Å². The predicted octanol–water partition coefficient (Wildman–Crippen LogP) is 4.75. The molecule has 0 saturated heterocycles. The maximum Gasteiger partial charge on any atom is 0.0843 e. The Morgan fingerprint density at radius 2 is 1.50 bits per heavy atom. The highest BCUT2D eigenvalue weighted by molar-refractivity contribution is 14.1. The Kier molecular flexibility index (Phi) is 5.44. The normalized spacial score (nSPS) is 13.8. The largest absolute Gasteiger partial charge is 0.390 e. The lowest BCUT2D eigenvalue weighted by Crippen LogP contribution is -2.42. The first kappa shape index (κ1) is 18.4. The fourth-order valence-electron chi connectivity index (χ4n) is 2.94. The highest BCUT2D eigenvalue weighted by Crippen LogP contribution is 2.31. The number of aliphatic hydroxyl groups is 1. The molecule has 2 N–H and O–H groups in total. The van der Waals surface area contributed by atoms with Crippen LogP contribution in [0.3, 0.4) is 0 Å². The van der Waals surface area contributed by atoms with Crippen molar-refractivity contribution in [2.75, 3.05) is 6.54 Å². The van der Waals surface area contributed by atoms with Crippen molar-refractivity contribution < 1.29 is 5.11 Å². The molecule has 3 aromatic rings. The Balaban J connectivity index is 2.02. The number of benzene rings is 2. The first-order valence-electron chi connectivity index (χ1n) is 8.05. The summed E-state index contributed by atoms with van der Waals surface area (Å²) in [6.45, 7) is 7.52. The summed E-state index contributed by atoms with van der Waals surface area (Å²) in [6, 6.07) is 13.0. The van der Waals surface area contributed by atoms with Crippen molar-refractivity contribution in [2.45, 2.75) is 39.0 Å². The molecule has 3 rings (SSSR count). The van der Waals surface area contributed by atoms with Gasteiger partial charge in [0.05, 0.1) is 12.6 Å². The third-order valence-electron chi connectivity index (χ3n) is 4.05. The molecule has 24 heavy (non-hydrogen) atoms. The molecule has 0 saturated carbocycles. The smallest absolute Gasteiger partial charge is 0.0843 e. The molecular formula is C19H22I2N2O. The Bertz CT molecular complexity index is 821. The van der Waals surface area contributed by atoms with Gasteiger partial charge in [-0.25, -0.2) is 0 Å². The predicted molar refractivity (Wildman–Crippen MR) is 119 cm³/mol. The van der Waals surface area contributed by atoms with Crippen LogP contribution in [0.25, 0.3) is 21.8 Å². The molecule has 5 heteroatoms. The number of hydrogen-bond donors (Lipinski definition) is 2. The highest BCUT2D eigenvalue weighted by atomic mass is 127. The summed E-state index contributed by atoms with van der Waals surface area (Å²) < 4.78 is 4.70. The SMILES string of the molecule is CC(C)(C)NC[C@H](O)Cn1c2ccc(I)cc2c2cc(I)ccc21. The van der Waals surface area contributed by atoms with Crippen LogP contribution in [0, 0.1) is 7.14 Å². The molecule has 3 nitrogen and oxygen atoms in total. The number of rotatable bonds is 4. The van der Waals surface area contributed by atoms with Crippen molar-refractivity contribution in [1.29, 1.82) is 0 Å². The quantitative estimate of drug-likeness (QED) is 0.462. The summed E-state index contributed by atoms with van der Waals surface area (Å²) in [6.07, 6.45) is -0.429. The van der Waals surface area contributed by atoms with E-state index in [2.05, 4.69) is 112 Å². The number of fused-ring (bicyclic) bond motifs is 3. The van der Waals surface area contributed by atoms with Crippen LogP contribution in [0.1, 0.15) is 20.8 Å². The lowest BCUT2D eigenvalue weighted by atomic mass is 10.1. The Labute approximate surface area is 170 Å². The van der Waals surface area contributed by atoms with Crippen LogP contribution in [0.15, 0.2) is 36.4 Å². The van der Waals surface area contributed by atoms with E-state index in [1.54, 1.807) is 0 Å². The molecule has 0 aliphatic rings. The summed E-state index contributed by atoms with van der Waals surface area (Å²) in [5.74, 6) is 0. The average molecular weight is 548 g/mol. The second-order valence-corrected chi connectivity index (χ2v) is 9.71. The molecule has 1 atom stereocenters. The molecule has 1 heterocycles. The van der Waals surface area contributed by atoms with Crippen LogP contribution in [0.4, 0.5) is 0 Å². The molecule has 0 bridgehead atoms. The summed E-state index contributed by atoms with van der Waals surface area (Å²) in [5.41, 5.74) is 2.37. The van der Waals surface area contributed by atoms with E-state index in [-0.39, 0.29) is 5.54 Å². The van der Waals surface area contributed by atoms with E-state index in [1.165, 1.54) is 28.9 Å². The number of nitrogens with one attached hydrogen (secondary N) is 1. The van der Waals surface area contributed by atoms with E-state index in [0.717, 1.165) is 0 Å². The van der Waals surface area contributed by atoms with Gasteiger partial charge in [0.1, 0.15) is 0 Å². The second-order valence-electron chi connectivity index (χ2n) is 7.22. The molecule has 0 fully saturated rings. The third-order valence-corrected chi connectivity index (χ3v) is 5.39. The first-order chi connectivity index (χ1) is 11.2. The summed E-state index contributed by atoms with van der Waals surface area (Å²) >= 11 is 4.71. The molecule has 0 amide bonds. The van der Waals surface area contributed by atoms with Gasteiger partial charge in [-0.3, -0.25) is 0 Å². The Morgan fingerprint density at radius 1 is 1.00 bits per heavy atom. The van der Waals surface area contributed by atoms with Gasteiger partial charge in [-0.1, -0.05) is 0 Å². The van der Waals surface area contributed by atoms with Gasteiger partial charge in [-0.2, -0.15) is 0 Å². The van der Waals surface area contributed by atoms with Crippen molar-refractivity contribution in [1.82, 2.24) is 9.88 Å². The molecule has 0 aliphatic heterocycles. The van der Waals surface area contributed by atoms with Gasteiger partial charge in [-0.05, 0) is 102 Å². The van der Waals surface area contributed by atoms with Crippen molar-refractivity contribution >= 4 is 67.0 Å². The van der Waals surface area contributed by atoms with Crippen molar-refractivity contribution in [3.63, 3.8) is 0 Å². The van der Waals surface area contributed by atoms with Crippen LogP contribution in [-0.2, 0) is 6.54 Å². The lowest BCUT2D eigenvalue weighted by Gasteiger charge is -2.23. The molecule has 0 radical (unpaired) electrons. The number of hydrogen-bond acceptors (Lipinski definition) is 2. The van der Waals surface area contributed by atoms with Crippen LogP contribution in [0.2, 0.25) is 0 Å². The van der Waals surface area contributed by atoms with E-state index >= 15 is 0 Å². The Morgan fingerprint density at radius 3 is 1.96 bits per heavy atom. The van der Waals surface area contributed by atoms with E-state index in [9.17, 15) is 5.11 Å². The van der Waals surface area contributed by atoms with Crippen LogP contribution in [0.5, 0.6) is 0 Å². The Hall–Kier alpha value is -0.380. The summed E-state index contributed by atoms with van der Waals surface area (Å²) in [5, 5.41) is 16.4. The maximum absolute atomic E-state index is 10.5. The maximum atomic E-state index is 10.5. The van der Waals surface area contributed by atoms with Crippen LogP contribution < -0.4 is 5.32 Å². The molecule has 0 unspecified atom stereocenters. The van der Waals surface area contributed by atoms with Gasteiger partial charge < -0.3 is 15.0 Å². The molecular weight excluding hydrogens is 526 g/mol. The van der Waals surface area contributed by atoms with Gasteiger partial charge >= 0.3 is 0 Å². The van der Waals surface area contributed by atoms with Gasteiger partial charge in [0, 0.05) is 41.0 Å². The number of halogens is 2. The van der Waals surface area contributed by atoms with Crippen LogP contribution in [-0.4, -0.2) is 27.9 Å². The van der Waals surface area contributed by atoms with Gasteiger partial charge in [0.2, 0.25) is 0 Å². The summed E-state index contributed by atoms with van der Waals surface area (Å²) in [4.78, 5) is 0. The molecule has 0 aliphatic carbocycles. The zero-order valence-corrected chi connectivity index (χ0v) is 18.4. The minimum absolute atomic E-state index is 0.00796. The van der Waals surface area contributed by atoms with Gasteiger partial charge in [0.25, 0.3) is 0 Å². The number of aromatic nitrogens is 1. The number of β-amino-alcohol motifs (C(OH)–C–C–N with tert-alkyl or cyclic N) is 1. The zero-order chi connectivity index (χ0) is 17.5. The molecule has 1 aromatic heterocycles. The lowest BCUT2D eigenvalue weighted by molar-refractivity contribution is 0.144. The van der Waals surface area contributed by atoms with Gasteiger partial charge in [-0.15, -0.1) is 0 Å². The van der Waals surface area contributed by atoms with Crippen molar-refractivity contribution in [3.8, 4) is 0 Å². The van der Waals surface area contributed by atoms with E-state index in [4.69, 9.17) is 0 Å². The fraction of sp³-hybridized carbons (Fsp3) is 0.368. The molecule has 2 aromatic carbocycles. The average Bonchev–Trinajstić information content (AvgIpc) is 2.78. The minimum atomic E-state index is -0.429. The van der Waals surface area contributed by atoms with Crippen molar-refractivity contribution in [2.24, 2.45) is 0 Å². The molecule has 128 valence electrons. The zero-order valence-electron chi connectivity index (χ0n) is 14.1. The van der Waals surface area contributed by atoms with Crippen molar-refractivity contribution in [3.05, 3.63) is 43.5 Å². The first-order valence-corrected chi connectivity index (χ1v) is 10.2. The fourth-order valence-corrected chi connectivity index (χ4v) is 3.93.